The van der Waals surface area contributed by atoms with Crippen LogP contribution < -0.4 is 4.72 Å². The van der Waals surface area contributed by atoms with Gasteiger partial charge in [-0.3, -0.25) is 0 Å². The van der Waals surface area contributed by atoms with E-state index >= 15 is 0 Å². The van der Waals surface area contributed by atoms with Crippen molar-refractivity contribution in [1.82, 2.24) is 4.98 Å². The summed E-state index contributed by atoms with van der Waals surface area (Å²) in [5.74, 6) is -1.33. The minimum atomic E-state index is -4.76. The van der Waals surface area contributed by atoms with Crippen LogP contribution in [0, 0.1) is 13.8 Å². The van der Waals surface area contributed by atoms with E-state index in [1.165, 1.54) is 19.9 Å². The molecule has 0 spiro atoms. The molecule has 0 aliphatic heterocycles. The van der Waals surface area contributed by atoms with Crippen molar-refractivity contribution in [3.63, 3.8) is 0 Å². The van der Waals surface area contributed by atoms with E-state index in [0.717, 1.165) is 12.1 Å². The number of hydrogen-bond acceptors (Lipinski definition) is 2. The Bertz CT molecular complexity index is 833. The Morgan fingerprint density at radius 2 is 1.92 bits per heavy atom. The van der Waals surface area contributed by atoms with Gasteiger partial charge in [0.1, 0.15) is 0 Å². The van der Waals surface area contributed by atoms with Gasteiger partial charge in [0.2, 0.25) is 0 Å². The summed E-state index contributed by atoms with van der Waals surface area (Å²) in [5.41, 5.74) is -1.36. The number of hydrogen-bond donors (Lipinski definition) is 3. The number of alkyl halides is 3. The third-order valence-corrected chi connectivity index (χ3v) is 4.82. The van der Waals surface area contributed by atoms with E-state index in [9.17, 15) is 27.3 Å². The third kappa shape index (κ3) is 3.41. The summed E-state index contributed by atoms with van der Waals surface area (Å²) in [6.07, 6.45) is -4.76. The molecule has 0 amide bonds. The van der Waals surface area contributed by atoms with Crippen LogP contribution in [-0.4, -0.2) is 20.3 Å². The number of benzene rings is 1. The lowest BCUT2D eigenvalue weighted by atomic mass is 10.2. The van der Waals surface area contributed by atoms with E-state index in [4.69, 9.17) is 11.6 Å². The van der Waals surface area contributed by atoms with Crippen LogP contribution in [0.3, 0.4) is 0 Å². The molecule has 0 saturated carbocycles. The highest BCUT2D eigenvalue weighted by molar-refractivity contribution is 7.86. The number of carbonyl (C=O) groups is 1. The van der Waals surface area contributed by atoms with Gasteiger partial charge in [-0.25, -0.2) is 9.00 Å². The number of H-pyrrole nitrogens is 1. The molecule has 1 aromatic heterocycles. The Hall–Kier alpha value is -2.00. The first kappa shape index (κ1) is 18.3. The first-order chi connectivity index (χ1) is 11.0. The van der Waals surface area contributed by atoms with Gasteiger partial charge in [-0.2, -0.15) is 13.2 Å². The number of aromatic carboxylic acids is 1. The number of nitrogens with one attached hydrogen (secondary N) is 2. The van der Waals surface area contributed by atoms with Crippen LogP contribution in [0.25, 0.3) is 0 Å². The molecule has 1 atom stereocenters. The van der Waals surface area contributed by atoms with Crippen molar-refractivity contribution in [2.24, 2.45) is 0 Å². The number of rotatable bonds is 4. The second-order valence-corrected chi connectivity index (χ2v) is 6.47. The Morgan fingerprint density at radius 1 is 1.29 bits per heavy atom. The normalized spacial score (nSPS) is 12.9. The Morgan fingerprint density at radius 3 is 2.46 bits per heavy atom. The van der Waals surface area contributed by atoms with Crippen LogP contribution in [0.4, 0.5) is 18.9 Å². The first-order valence-electron chi connectivity index (χ1n) is 6.50. The molecule has 1 heterocycles. The van der Waals surface area contributed by atoms with Crippen molar-refractivity contribution in [1.29, 1.82) is 0 Å². The van der Waals surface area contributed by atoms with Crippen LogP contribution in [0.5, 0.6) is 0 Å². The van der Waals surface area contributed by atoms with Gasteiger partial charge in [0.15, 0.2) is 11.0 Å². The van der Waals surface area contributed by atoms with Crippen molar-refractivity contribution in [3.8, 4) is 0 Å². The summed E-state index contributed by atoms with van der Waals surface area (Å²) in [4.78, 5) is 13.9. The van der Waals surface area contributed by atoms with E-state index in [-0.39, 0.29) is 21.8 Å². The van der Waals surface area contributed by atoms with Crippen LogP contribution in [0.15, 0.2) is 23.1 Å². The number of anilines is 1. The maximum Gasteiger partial charge on any atom is 0.419 e. The van der Waals surface area contributed by atoms with Gasteiger partial charge < -0.3 is 14.8 Å². The highest BCUT2D eigenvalue weighted by atomic mass is 35.5. The quantitative estimate of drug-likeness (QED) is 0.745. The molecule has 1 unspecified atom stereocenters. The van der Waals surface area contributed by atoms with Crippen molar-refractivity contribution in [2.75, 3.05) is 4.72 Å². The van der Waals surface area contributed by atoms with E-state index in [1.807, 2.05) is 0 Å². The topological polar surface area (TPSA) is 82.2 Å². The van der Waals surface area contributed by atoms with Crippen molar-refractivity contribution in [3.05, 3.63) is 45.7 Å². The molecule has 1 aromatic carbocycles. The zero-order valence-electron chi connectivity index (χ0n) is 12.4. The highest BCUT2D eigenvalue weighted by Gasteiger charge is 2.37. The number of halogens is 4. The maximum absolute atomic E-state index is 13.1. The fourth-order valence-corrected chi connectivity index (χ4v) is 3.80. The van der Waals surface area contributed by atoms with Gasteiger partial charge in [0.05, 0.1) is 26.7 Å². The smallest absolute Gasteiger partial charge is 0.419 e. The highest BCUT2D eigenvalue weighted by Crippen LogP contribution is 2.40. The number of aryl methyl sites for hydroxylation is 2. The molecule has 0 radical (unpaired) electrons. The lowest BCUT2D eigenvalue weighted by Gasteiger charge is -2.15. The van der Waals surface area contributed by atoms with E-state index in [0.29, 0.717) is 0 Å². The summed E-state index contributed by atoms with van der Waals surface area (Å²) >= 11 is 5.60. The number of carboxylic acid groups (broad SMARTS) is 1. The second-order valence-electron chi connectivity index (χ2n) is 4.92. The van der Waals surface area contributed by atoms with Crippen molar-refractivity contribution < 1.29 is 27.3 Å². The van der Waals surface area contributed by atoms with Gasteiger partial charge in [-0.1, -0.05) is 17.7 Å². The van der Waals surface area contributed by atoms with Crippen LogP contribution >= 0.6 is 11.6 Å². The molecule has 0 aliphatic carbocycles. The summed E-state index contributed by atoms with van der Waals surface area (Å²) in [6.45, 7) is 2.95. The number of aromatic nitrogens is 1. The molecule has 10 heteroatoms. The Balaban J connectivity index is 2.50. The number of carboxylic acids is 1. The fraction of sp³-hybridized carbons (Fsp3) is 0.214. The molecular weight excluding hydrogens is 369 g/mol. The maximum atomic E-state index is 13.1. The molecular formula is C14H12ClF3N2O3S. The van der Waals surface area contributed by atoms with Gasteiger partial charge in [-0.05, 0) is 26.0 Å². The molecule has 2 rings (SSSR count). The molecule has 2 aromatic rings. The zero-order chi connectivity index (χ0) is 18.2. The molecule has 0 saturated heterocycles. The SMILES string of the molecule is Cc1[nH]c(C)c(S(=O)Nc2cccc(Cl)c2C(F)(F)F)c1C(=O)O. The van der Waals surface area contributed by atoms with Gasteiger partial charge in [-0.15, -0.1) is 0 Å². The molecule has 5 nitrogen and oxygen atoms in total. The zero-order valence-corrected chi connectivity index (χ0v) is 14.0. The van der Waals surface area contributed by atoms with Crippen LogP contribution in [0.2, 0.25) is 5.02 Å². The van der Waals surface area contributed by atoms with Crippen LogP contribution in [0.1, 0.15) is 27.3 Å². The average molecular weight is 381 g/mol. The largest absolute Gasteiger partial charge is 0.478 e. The average Bonchev–Trinajstić information content (AvgIpc) is 2.72. The van der Waals surface area contributed by atoms with Gasteiger partial charge in [0, 0.05) is 11.4 Å². The molecule has 130 valence electrons. The predicted octanol–water partition coefficient (Wildman–Crippen LogP) is 4.14. The summed E-state index contributed by atoms with van der Waals surface area (Å²) in [7, 11) is -2.23. The molecule has 0 fully saturated rings. The Kier molecular flexibility index (Phi) is 4.95. The monoisotopic (exact) mass is 380 g/mol. The molecule has 3 N–H and O–H groups in total. The van der Waals surface area contributed by atoms with Crippen molar-refractivity contribution >= 4 is 34.2 Å². The summed E-state index contributed by atoms with van der Waals surface area (Å²) < 4.78 is 54.1. The second kappa shape index (κ2) is 6.48. The van der Waals surface area contributed by atoms with E-state index in [2.05, 4.69) is 9.71 Å². The summed E-state index contributed by atoms with van der Waals surface area (Å²) in [5, 5.41) is 8.67. The van der Waals surface area contributed by atoms with E-state index < -0.39 is 39.4 Å². The standard InChI is InChI=1S/C14H12ClF3N2O3S/c1-6-10(13(21)22)12(7(2)19-6)24(23)20-9-5-3-4-8(15)11(9)14(16,17)18/h3-5,19-20H,1-2H3,(H,21,22). The van der Waals surface area contributed by atoms with E-state index in [1.54, 1.807) is 0 Å². The van der Waals surface area contributed by atoms with Crippen LogP contribution in [-0.2, 0) is 17.2 Å². The molecule has 0 aliphatic rings. The predicted molar refractivity (Wildman–Crippen MR) is 83.7 cm³/mol. The van der Waals surface area contributed by atoms with Gasteiger partial charge in [0.25, 0.3) is 0 Å². The Labute approximate surface area is 142 Å². The number of aromatic amines is 1. The van der Waals surface area contributed by atoms with Crippen molar-refractivity contribution in [2.45, 2.75) is 24.9 Å². The lowest BCUT2D eigenvalue weighted by molar-refractivity contribution is -0.136. The van der Waals surface area contributed by atoms with Gasteiger partial charge >= 0.3 is 12.1 Å². The first-order valence-corrected chi connectivity index (χ1v) is 8.03. The molecule has 24 heavy (non-hydrogen) atoms. The molecule has 0 bridgehead atoms. The lowest BCUT2D eigenvalue weighted by Crippen LogP contribution is -2.15. The fourth-order valence-electron chi connectivity index (χ4n) is 2.30. The summed E-state index contributed by atoms with van der Waals surface area (Å²) in [6, 6.07) is 3.40. The third-order valence-electron chi connectivity index (χ3n) is 3.22. The minimum Gasteiger partial charge on any atom is -0.478 e. The minimum absolute atomic E-state index is 0.117.